The van der Waals surface area contributed by atoms with E-state index >= 15 is 0 Å². The molecule has 0 amide bonds. The maximum absolute atomic E-state index is 9.64. The fourth-order valence-corrected chi connectivity index (χ4v) is 2.04. The van der Waals surface area contributed by atoms with Crippen LogP contribution in [-0.4, -0.2) is 30.3 Å². The Labute approximate surface area is 145 Å². The van der Waals surface area contributed by atoms with Gasteiger partial charge in [0.2, 0.25) is 0 Å². The number of benzene rings is 1. The van der Waals surface area contributed by atoms with Crippen LogP contribution in [0.3, 0.4) is 0 Å². The molecule has 120 valence electrons. The maximum Gasteiger partial charge on any atom is 0.188 e. The zero-order valence-corrected chi connectivity index (χ0v) is 15.5. The van der Waals surface area contributed by atoms with E-state index in [1.165, 1.54) is 5.56 Å². The summed E-state index contributed by atoms with van der Waals surface area (Å²) < 4.78 is 0. The van der Waals surface area contributed by atoms with Gasteiger partial charge in [-0.15, -0.1) is 24.0 Å². The van der Waals surface area contributed by atoms with E-state index in [1.807, 2.05) is 25.1 Å². The Hall–Kier alpha value is -0.820. The van der Waals surface area contributed by atoms with Gasteiger partial charge in [-0.25, -0.2) is 0 Å². The Morgan fingerprint density at radius 1 is 1.24 bits per heavy atom. The van der Waals surface area contributed by atoms with Gasteiger partial charge in [-0.3, -0.25) is 4.99 Å². The molecule has 0 bridgehead atoms. The van der Waals surface area contributed by atoms with E-state index in [0.717, 1.165) is 6.54 Å². The number of nitrogens with two attached hydrogens (primary N) is 1. The second-order valence-electron chi connectivity index (χ2n) is 5.69. The van der Waals surface area contributed by atoms with Gasteiger partial charge in [0.1, 0.15) is 0 Å². The summed E-state index contributed by atoms with van der Waals surface area (Å²) in [7, 11) is 0. The molecule has 4 N–H and O–H groups in total. The Kier molecular flexibility index (Phi) is 10.4. The molecule has 0 aliphatic carbocycles. The molecule has 1 aromatic rings. The van der Waals surface area contributed by atoms with Crippen LogP contribution in [0.25, 0.3) is 0 Å². The number of halogens is 1. The van der Waals surface area contributed by atoms with Gasteiger partial charge in [-0.05, 0) is 24.8 Å². The number of aliphatic hydroxyl groups excluding tert-OH is 1. The van der Waals surface area contributed by atoms with Crippen LogP contribution in [0.4, 0.5) is 0 Å². The third-order valence-electron chi connectivity index (χ3n) is 3.05. The number of guanidine groups is 1. The highest BCUT2D eigenvalue weighted by molar-refractivity contribution is 14.0. The molecule has 2 unspecified atom stereocenters. The monoisotopic (exact) mass is 405 g/mol. The second kappa shape index (κ2) is 10.8. The lowest BCUT2D eigenvalue weighted by molar-refractivity contribution is 0.174. The molecule has 0 aromatic heterocycles. The first-order valence-electron chi connectivity index (χ1n) is 7.25. The predicted molar refractivity (Wildman–Crippen MR) is 100 cm³/mol. The SMILES string of the molecule is CC(C)CN=C(N)NCC(CC(C)O)c1ccccc1.I. The summed E-state index contributed by atoms with van der Waals surface area (Å²) in [6, 6.07) is 10.2. The number of aliphatic hydroxyl groups is 1. The van der Waals surface area contributed by atoms with E-state index in [9.17, 15) is 5.11 Å². The molecule has 21 heavy (non-hydrogen) atoms. The summed E-state index contributed by atoms with van der Waals surface area (Å²) in [6.07, 6.45) is 0.366. The molecule has 1 rings (SSSR count). The summed E-state index contributed by atoms with van der Waals surface area (Å²) >= 11 is 0. The number of nitrogens with one attached hydrogen (secondary N) is 1. The van der Waals surface area contributed by atoms with Crippen LogP contribution >= 0.6 is 24.0 Å². The smallest absolute Gasteiger partial charge is 0.188 e. The van der Waals surface area contributed by atoms with Gasteiger partial charge in [0, 0.05) is 19.0 Å². The molecule has 0 saturated carbocycles. The normalized spacial score (nSPS) is 14.4. The van der Waals surface area contributed by atoms with E-state index in [0.29, 0.717) is 24.8 Å². The fraction of sp³-hybridized carbons (Fsp3) is 0.562. The van der Waals surface area contributed by atoms with E-state index in [4.69, 9.17) is 5.73 Å². The lowest BCUT2D eigenvalue weighted by atomic mass is 9.93. The first-order valence-corrected chi connectivity index (χ1v) is 7.25. The molecule has 0 fully saturated rings. The molecule has 0 spiro atoms. The average Bonchev–Trinajstić information content (AvgIpc) is 2.41. The first kappa shape index (κ1) is 20.2. The molecular weight excluding hydrogens is 377 g/mol. The largest absolute Gasteiger partial charge is 0.393 e. The van der Waals surface area contributed by atoms with Crippen molar-refractivity contribution in [3.63, 3.8) is 0 Å². The Morgan fingerprint density at radius 2 is 1.86 bits per heavy atom. The minimum atomic E-state index is -0.337. The van der Waals surface area contributed by atoms with Crippen molar-refractivity contribution in [2.24, 2.45) is 16.6 Å². The summed E-state index contributed by atoms with van der Waals surface area (Å²) in [6.45, 7) is 7.44. The topological polar surface area (TPSA) is 70.6 Å². The molecule has 0 radical (unpaired) electrons. The van der Waals surface area contributed by atoms with Crippen molar-refractivity contribution in [3.05, 3.63) is 35.9 Å². The Bertz CT molecular complexity index is 407. The van der Waals surface area contributed by atoms with Crippen molar-refractivity contribution in [3.8, 4) is 0 Å². The zero-order valence-electron chi connectivity index (χ0n) is 13.1. The minimum Gasteiger partial charge on any atom is -0.393 e. The quantitative estimate of drug-likeness (QED) is 0.371. The van der Waals surface area contributed by atoms with Crippen LogP contribution < -0.4 is 11.1 Å². The number of hydrogen-bond acceptors (Lipinski definition) is 2. The number of nitrogens with zero attached hydrogens (tertiary/aromatic N) is 1. The molecule has 2 atom stereocenters. The standard InChI is InChI=1S/C16H27N3O.HI/c1-12(2)10-18-16(17)19-11-15(9-13(3)20)14-7-5-4-6-8-14;/h4-8,12-13,15,20H,9-11H2,1-3H3,(H3,17,18,19);1H. The lowest BCUT2D eigenvalue weighted by Crippen LogP contribution is -2.35. The van der Waals surface area contributed by atoms with Gasteiger partial charge >= 0.3 is 0 Å². The van der Waals surface area contributed by atoms with Gasteiger partial charge < -0.3 is 16.2 Å². The summed E-state index contributed by atoms with van der Waals surface area (Å²) in [5.41, 5.74) is 7.06. The molecule has 0 saturated heterocycles. The third kappa shape index (κ3) is 8.93. The lowest BCUT2D eigenvalue weighted by Gasteiger charge is -2.20. The Morgan fingerprint density at radius 3 is 2.38 bits per heavy atom. The molecule has 0 heterocycles. The van der Waals surface area contributed by atoms with Crippen molar-refractivity contribution < 1.29 is 5.11 Å². The van der Waals surface area contributed by atoms with E-state index in [1.54, 1.807) is 0 Å². The third-order valence-corrected chi connectivity index (χ3v) is 3.05. The van der Waals surface area contributed by atoms with Crippen LogP contribution in [0, 0.1) is 5.92 Å². The summed E-state index contributed by atoms with van der Waals surface area (Å²) in [5, 5.41) is 12.8. The first-order chi connectivity index (χ1) is 9.49. The average molecular weight is 405 g/mol. The van der Waals surface area contributed by atoms with Crippen LogP contribution in [0.15, 0.2) is 35.3 Å². The van der Waals surface area contributed by atoms with Crippen molar-refractivity contribution in [1.82, 2.24) is 5.32 Å². The Balaban J connectivity index is 0.00000400. The highest BCUT2D eigenvalue weighted by atomic mass is 127. The molecule has 4 nitrogen and oxygen atoms in total. The van der Waals surface area contributed by atoms with Crippen LogP contribution in [0.1, 0.15) is 38.7 Å². The molecule has 0 aliphatic rings. The van der Waals surface area contributed by atoms with Gasteiger partial charge in [-0.2, -0.15) is 0 Å². The summed E-state index contributed by atoms with van der Waals surface area (Å²) in [4.78, 5) is 4.29. The minimum absolute atomic E-state index is 0. The van der Waals surface area contributed by atoms with Crippen molar-refractivity contribution in [2.45, 2.75) is 39.2 Å². The van der Waals surface area contributed by atoms with Gasteiger partial charge in [-0.1, -0.05) is 44.2 Å². The second-order valence-corrected chi connectivity index (χ2v) is 5.69. The number of aliphatic imine (C=N–C) groups is 1. The number of hydrogen-bond donors (Lipinski definition) is 3. The molecule has 5 heteroatoms. The fourth-order valence-electron chi connectivity index (χ4n) is 2.04. The van der Waals surface area contributed by atoms with Gasteiger partial charge in [0.05, 0.1) is 6.10 Å². The molecule has 0 aliphatic heterocycles. The van der Waals surface area contributed by atoms with Crippen LogP contribution in [0.5, 0.6) is 0 Å². The maximum atomic E-state index is 9.64. The van der Waals surface area contributed by atoms with Crippen molar-refractivity contribution in [1.29, 1.82) is 0 Å². The molecule has 1 aromatic carbocycles. The van der Waals surface area contributed by atoms with E-state index in [2.05, 4.69) is 36.3 Å². The van der Waals surface area contributed by atoms with Gasteiger partial charge in [0.15, 0.2) is 5.96 Å². The predicted octanol–water partition coefficient (Wildman–Crippen LogP) is 2.72. The molecular formula is C16H28IN3O. The number of rotatable bonds is 7. The van der Waals surface area contributed by atoms with Gasteiger partial charge in [0.25, 0.3) is 0 Å². The highest BCUT2D eigenvalue weighted by Gasteiger charge is 2.14. The van der Waals surface area contributed by atoms with Crippen molar-refractivity contribution in [2.75, 3.05) is 13.1 Å². The van der Waals surface area contributed by atoms with Crippen LogP contribution in [-0.2, 0) is 0 Å². The summed E-state index contributed by atoms with van der Waals surface area (Å²) in [5.74, 6) is 1.20. The van der Waals surface area contributed by atoms with Crippen LogP contribution in [0.2, 0.25) is 0 Å². The van der Waals surface area contributed by atoms with E-state index < -0.39 is 0 Å². The van der Waals surface area contributed by atoms with Crippen molar-refractivity contribution >= 4 is 29.9 Å². The zero-order chi connectivity index (χ0) is 15.0. The van der Waals surface area contributed by atoms with E-state index in [-0.39, 0.29) is 36.0 Å². The highest BCUT2D eigenvalue weighted by Crippen LogP contribution is 2.20.